The lowest BCUT2D eigenvalue weighted by Gasteiger charge is -2.05. The molecule has 0 aliphatic heterocycles. The summed E-state index contributed by atoms with van der Waals surface area (Å²) < 4.78 is 1.48. The Hall–Kier alpha value is -2.68. The minimum atomic E-state index is -0.167. The number of carbonyl (C=O) groups excluding carboxylic acids is 1. The normalized spacial score (nSPS) is 9.72. The first-order chi connectivity index (χ1) is 8.81. The van der Waals surface area contributed by atoms with Gasteiger partial charge in [0.2, 0.25) is 0 Å². The van der Waals surface area contributed by atoms with Crippen LogP contribution in [0.2, 0.25) is 0 Å². The molecule has 1 amide bonds. The van der Waals surface area contributed by atoms with Crippen LogP contribution in [0.1, 0.15) is 16.8 Å². The van der Waals surface area contributed by atoms with Crippen LogP contribution in [0.4, 0.5) is 0 Å². The molecule has 0 saturated heterocycles. The minimum absolute atomic E-state index is 0.167. The van der Waals surface area contributed by atoms with Crippen LogP contribution in [0.3, 0.4) is 0 Å². The Morgan fingerprint density at radius 1 is 1.50 bits per heavy atom. The molecule has 0 bridgehead atoms. The van der Waals surface area contributed by atoms with Gasteiger partial charge >= 0.3 is 0 Å². The fraction of sp³-hybridized carbons (Fsp3) is 0.167. The van der Waals surface area contributed by atoms with Crippen molar-refractivity contribution in [2.24, 2.45) is 0 Å². The lowest BCUT2D eigenvalue weighted by Crippen LogP contribution is -2.24. The van der Waals surface area contributed by atoms with Gasteiger partial charge in [0.25, 0.3) is 5.91 Å². The first-order valence-electron chi connectivity index (χ1n) is 5.36. The quantitative estimate of drug-likeness (QED) is 0.621. The van der Waals surface area contributed by atoms with Gasteiger partial charge in [-0.2, -0.15) is 0 Å². The number of terminal acetylenes is 1. The van der Waals surface area contributed by atoms with Gasteiger partial charge in [0.05, 0.1) is 5.69 Å². The van der Waals surface area contributed by atoms with Gasteiger partial charge in [-0.3, -0.25) is 4.79 Å². The van der Waals surface area contributed by atoms with E-state index < -0.39 is 0 Å². The summed E-state index contributed by atoms with van der Waals surface area (Å²) in [4.78, 5) is 11.8. The van der Waals surface area contributed by atoms with Crippen LogP contribution < -0.4 is 5.32 Å². The number of nitrogens with zero attached hydrogens (tertiary/aromatic N) is 4. The van der Waals surface area contributed by atoms with Crippen LogP contribution in [0, 0.1) is 12.3 Å². The van der Waals surface area contributed by atoms with Crippen LogP contribution in [-0.4, -0.2) is 32.7 Å². The summed E-state index contributed by atoms with van der Waals surface area (Å²) in [6.07, 6.45) is 7.09. The van der Waals surface area contributed by atoms with Crippen molar-refractivity contribution in [3.05, 3.63) is 36.2 Å². The van der Waals surface area contributed by atoms with E-state index in [1.807, 2.05) is 6.07 Å². The molecule has 1 aromatic heterocycles. The second-order valence-electron chi connectivity index (χ2n) is 3.51. The summed E-state index contributed by atoms with van der Waals surface area (Å²) in [5.41, 5.74) is 1.27. The van der Waals surface area contributed by atoms with Crippen LogP contribution in [0.5, 0.6) is 0 Å². The standard InChI is InChI=1S/C12H11N5O/c1-2-3-7-13-12(18)10-5-4-6-11(8-10)17-9-14-15-16-17/h1,4-6,8-9H,3,7H2,(H,13,18). The van der Waals surface area contributed by atoms with E-state index in [-0.39, 0.29) is 5.91 Å². The second-order valence-corrected chi connectivity index (χ2v) is 3.51. The molecule has 1 N–H and O–H groups in total. The Bertz CT molecular complexity index is 570. The summed E-state index contributed by atoms with van der Waals surface area (Å²) in [7, 11) is 0. The predicted molar refractivity (Wildman–Crippen MR) is 64.9 cm³/mol. The van der Waals surface area contributed by atoms with Crippen molar-refractivity contribution < 1.29 is 4.79 Å². The first-order valence-corrected chi connectivity index (χ1v) is 5.36. The van der Waals surface area contributed by atoms with Gasteiger partial charge in [0, 0.05) is 18.5 Å². The number of rotatable bonds is 4. The molecule has 0 saturated carbocycles. The monoisotopic (exact) mass is 241 g/mol. The molecule has 0 fully saturated rings. The molecule has 0 aliphatic carbocycles. The van der Waals surface area contributed by atoms with E-state index in [9.17, 15) is 4.79 Å². The highest BCUT2D eigenvalue weighted by Crippen LogP contribution is 2.08. The average Bonchev–Trinajstić information content (AvgIpc) is 2.93. The molecule has 18 heavy (non-hydrogen) atoms. The second kappa shape index (κ2) is 5.59. The fourth-order valence-electron chi connectivity index (χ4n) is 1.42. The number of aromatic nitrogens is 4. The van der Waals surface area contributed by atoms with Gasteiger partial charge in [0.1, 0.15) is 6.33 Å². The molecule has 1 aromatic carbocycles. The van der Waals surface area contributed by atoms with Crippen LogP contribution in [-0.2, 0) is 0 Å². The van der Waals surface area contributed by atoms with E-state index in [2.05, 4.69) is 26.8 Å². The molecule has 90 valence electrons. The highest BCUT2D eigenvalue weighted by Gasteiger charge is 2.06. The number of tetrazole rings is 1. The van der Waals surface area contributed by atoms with E-state index in [4.69, 9.17) is 6.42 Å². The Labute approximate surface area is 104 Å². The van der Waals surface area contributed by atoms with Crippen molar-refractivity contribution >= 4 is 5.91 Å². The van der Waals surface area contributed by atoms with E-state index in [0.29, 0.717) is 18.5 Å². The highest BCUT2D eigenvalue weighted by atomic mass is 16.1. The Kier molecular flexibility index (Phi) is 3.66. The first kappa shape index (κ1) is 11.8. The zero-order chi connectivity index (χ0) is 12.8. The van der Waals surface area contributed by atoms with E-state index in [1.165, 1.54) is 11.0 Å². The number of nitrogens with one attached hydrogen (secondary N) is 1. The highest BCUT2D eigenvalue weighted by molar-refractivity contribution is 5.94. The summed E-state index contributed by atoms with van der Waals surface area (Å²) >= 11 is 0. The van der Waals surface area contributed by atoms with Gasteiger partial charge in [-0.25, -0.2) is 4.68 Å². The third kappa shape index (κ3) is 2.71. The van der Waals surface area contributed by atoms with E-state index in [1.54, 1.807) is 18.2 Å². The zero-order valence-electron chi connectivity index (χ0n) is 9.58. The van der Waals surface area contributed by atoms with Crippen molar-refractivity contribution in [1.82, 2.24) is 25.5 Å². The Balaban J connectivity index is 2.13. The topological polar surface area (TPSA) is 72.7 Å². The summed E-state index contributed by atoms with van der Waals surface area (Å²) in [5.74, 6) is 2.30. The molecule has 1 heterocycles. The maximum Gasteiger partial charge on any atom is 0.251 e. The molecule has 0 atom stereocenters. The molecule has 0 spiro atoms. The fourth-order valence-corrected chi connectivity index (χ4v) is 1.42. The van der Waals surface area contributed by atoms with Crippen molar-refractivity contribution in [3.8, 4) is 18.0 Å². The van der Waals surface area contributed by atoms with Crippen molar-refractivity contribution in [1.29, 1.82) is 0 Å². The maximum absolute atomic E-state index is 11.8. The molecule has 2 rings (SSSR count). The summed E-state index contributed by atoms with van der Waals surface area (Å²) in [5, 5.41) is 13.6. The zero-order valence-corrected chi connectivity index (χ0v) is 9.58. The maximum atomic E-state index is 11.8. The van der Waals surface area contributed by atoms with E-state index >= 15 is 0 Å². The van der Waals surface area contributed by atoms with Gasteiger partial charge in [-0.1, -0.05) is 6.07 Å². The van der Waals surface area contributed by atoms with Crippen molar-refractivity contribution in [2.75, 3.05) is 6.54 Å². The van der Waals surface area contributed by atoms with Crippen LogP contribution >= 0.6 is 0 Å². The van der Waals surface area contributed by atoms with Crippen LogP contribution in [0.25, 0.3) is 5.69 Å². The van der Waals surface area contributed by atoms with E-state index in [0.717, 1.165) is 5.69 Å². The number of amides is 1. The third-order valence-corrected chi connectivity index (χ3v) is 2.28. The average molecular weight is 241 g/mol. The molecule has 6 heteroatoms. The van der Waals surface area contributed by atoms with Gasteiger partial charge in [-0.15, -0.1) is 17.4 Å². The summed E-state index contributed by atoms with van der Waals surface area (Å²) in [6, 6.07) is 7.02. The lowest BCUT2D eigenvalue weighted by molar-refractivity contribution is 0.0954. The number of hydrogen-bond donors (Lipinski definition) is 1. The Morgan fingerprint density at radius 3 is 3.11 bits per heavy atom. The van der Waals surface area contributed by atoms with Crippen molar-refractivity contribution in [2.45, 2.75) is 6.42 Å². The number of carbonyl (C=O) groups is 1. The summed E-state index contributed by atoms with van der Waals surface area (Å²) in [6.45, 7) is 0.463. The minimum Gasteiger partial charge on any atom is -0.351 e. The van der Waals surface area contributed by atoms with Crippen molar-refractivity contribution in [3.63, 3.8) is 0 Å². The SMILES string of the molecule is C#CCCNC(=O)c1cccc(-n2cnnn2)c1. The molecular weight excluding hydrogens is 230 g/mol. The molecule has 6 nitrogen and oxygen atoms in total. The number of benzene rings is 1. The largest absolute Gasteiger partial charge is 0.351 e. The molecular formula is C12H11N5O. The van der Waals surface area contributed by atoms with Gasteiger partial charge in [0.15, 0.2) is 0 Å². The predicted octanol–water partition coefficient (Wildman–Crippen LogP) is 0.415. The van der Waals surface area contributed by atoms with Gasteiger partial charge < -0.3 is 5.32 Å². The molecule has 2 aromatic rings. The number of hydrogen-bond acceptors (Lipinski definition) is 4. The van der Waals surface area contributed by atoms with Crippen LogP contribution in [0.15, 0.2) is 30.6 Å². The smallest absolute Gasteiger partial charge is 0.251 e. The molecule has 0 unspecified atom stereocenters. The lowest BCUT2D eigenvalue weighted by atomic mass is 10.2. The third-order valence-electron chi connectivity index (χ3n) is 2.28. The molecule has 0 radical (unpaired) electrons. The Morgan fingerprint density at radius 2 is 2.39 bits per heavy atom. The molecule has 0 aliphatic rings. The van der Waals surface area contributed by atoms with Gasteiger partial charge in [-0.05, 0) is 28.6 Å².